The van der Waals surface area contributed by atoms with Gasteiger partial charge in [-0.15, -0.1) is 0 Å². The van der Waals surface area contributed by atoms with Crippen molar-refractivity contribution in [2.45, 2.75) is 37.0 Å². The number of carbonyl (C=O) groups excluding carboxylic acids is 1. The summed E-state index contributed by atoms with van der Waals surface area (Å²) in [4.78, 5) is 11.4. The molecule has 0 atom stereocenters. The number of fused-ring (bicyclic) bond motifs is 1. The van der Waals surface area contributed by atoms with Crippen molar-refractivity contribution in [1.82, 2.24) is 5.32 Å². The van der Waals surface area contributed by atoms with Gasteiger partial charge in [-0.1, -0.05) is 18.9 Å². The Bertz CT molecular complexity index is 527. The van der Waals surface area contributed by atoms with Crippen LogP contribution < -0.4 is 15.4 Å². The first-order chi connectivity index (χ1) is 10.2. The average Bonchev–Trinajstić information content (AvgIpc) is 2.96. The van der Waals surface area contributed by atoms with E-state index in [9.17, 15) is 4.79 Å². The monoisotopic (exact) mass is 306 g/mol. The van der Waals surface area contributed by atoms with E-state index in [4.69, 9.17) is 4.74 Å². The molecule has 0 bridgehead atoms. The third-order valence-electron chi connectivity index (χ3n) is 4.40. The average molecular weight is 306 g/mol. The second-order valence-corrected chi connectivity index (χ2v) is 7.14. The van der Waals surface area contributed by atoms with Gasteiger partial charge in [-0.25, -0.2) is 0 Å². The van der Waals surface area contributed by atoms with E-state index in [1.165, 1.54) is 31.2 Å². The Hall–Kier alpha value is -1.20. The van der Waals surface area contributed by atoms with Gasteiger partial charge in [0.2, 0.25) is 0 Å². The first-order valence-corrected chi connectivity index (χ1v) is 8.75. The van der Waals surface area contributed by atoms with Crippen LogP contribution in [-0.4, -0.2) is 30.1 Å². The van der Waals surface area contributed by atoms with Gasteiger partial charge in [-0.2, -0.15) is 11.8 Å². The summed E-state index contributed by atoms with van der Waals surface area (Å²) in [6.45, 7) is 1.99. The van der Waals surface area contributed by atoms with Crippen LogP contribution in [0, 0.1) is 0 Å². The fraction of sp³-hybridized carbons (Fsp3) is 0.562. The summed E-state index contributed by atoms with van der Waals surface area (Å²) in [5.74, 6) is 0.676. The van der Waals surface area contributed by atoms with Crippen molar-refractivity contribution in [3.8, 4) is 5.75 Å². The third-order valence-corrected chi connectivity index (χ3v) is 5.82. The molecule has 0 aromatic heterocycles. The zero-order valence-corrected chi connectivity index (χ0v) is 13.2. The van der Waals surface area contributed by atoms with Crippen LogP contribution in [0.25, 0.3) is 0 Å². The van der Waals surface area contributed by atoms with Crippen LogP contribution in [0.2, 0.25) is 0 Å². The molecule has 1 aromatic carbocycles. The lowest BCUT2D eigenvalue weighted by molar-refractivity contribution is -0.118. The van der Waals surface area contributed by atoms with Gasteiger partial charge in [0.05, 0.1) is 5.69 Å². The standard InChI is InChI=1S/C16H22N2O2S/c1-21-16(6-2-3-7-16)11-17-9-12-4-5-14-13(8-12)18-15(19)10-20-14/h4-5,8,17H,2-3,6-7,9-11H2,1H3,(H,18,19). The van der Waals surface area contributed by atoms with Crippen LogP contribution in [0.5, 0.6) is 5.75 Å². The Morgan fingerprint density at radius 3 is 2.95 bits per heavy atom. The number of rotatable bonds is 5. The zero-order valence-electron chi connectivity index (χ0n) is 12.4. The quantitative estimate of drug-likeness (QED) is 0.878. The van der Waals surface area contributed by atoms with Gasteiger partial charge in [-0.05, 0) is 36.8 Å². The topological polar surface area (TPSA) is 50.4 Å². The van der Waals surface area contributed by atoms with Crippen LogP contribution >= 0.6 is 11.8 Å². The summed E-state index contributed by atoms with van der Waals surface area (Å²) in [5.41, 5.74) is 1.96. The molecule has 1 saturated carbocycles. The smallest absolute Gasteiger partial charge is 0.262 e. The predicted molar refractivity (Wildman–Crippen MR) is 87.0 cm³/mol. The van der Waals surface area contributed by atoms with Crippen molar-refractivity contribution in [3.05, 3.63) is 23.8 Å². The van der Waals surface area contributed by atoms with Crippen molar-refractivity contribution in [2.24, 2.45) is 0 Å². The van der Waals surface area contributed by atoms with Crippen LogP contribution in [0.15, 0.2) is 18.2 Å². The van der Waals surface area contributed by atoms with Gasteiger partial charge in [0.15, 0.2) is 6.61 Å². The van der Waals surface area contributed by atoms with Crippen molar-refractivity contribution in [3.63, 3.8) is 0 Å². The molecule has 0 spiro atoms. The number of benzene rings is 1. The number of hydrogen-bond donors (Lipinski definition) is 2. The molecule has 5 heteroatoms. The fourth-order valence-corrected chi connectivity index (χ4v) is 4.09. The minimum atomic E-state index is -0.0834. The van der Waals surface area contributed by atoms with Gasteiger partial charge in [0.1, 0.15) is 5.75 Å². The molecule has 0 radical (unpaired) electrons. The highest BCUT2D eigenvalue weighted by Crippen LogP contribution is 2.39. The van der Waals surface area contributed by atoms with Crippen molar-refractivity contribution in [1.29, 1.82) is 0 Å². The molecule has 1 amide bonds. The van der Waals surface area contributed by atoms with E-state index in [1.54, 1.807) is 0 Å². The Kier molecular flexibility index (Phi) is 4.40. The lowest BCUT2D eigenvalue weighted by atomic mass is 10.1. The van der Waals surface area contributed by atoms with Crippen molar-refractivity contribution in [2.75, 3.05) is 24.7 Å². The van der Waals surface area contributed by atoms with Crippen LogP contribution in [0.4, 0.5) is 5.69 Å². The van der Waals surface area contributed by atoms with Crippen LogP contribution in [-0.2, 0) is 11.3 Å². The molecule has 1 aromatic rings. The van der Waals surface area contributed by atoms with Crippen molar-refractivity contribution < 1.29 is 9.53 Å². The number of hydrogen-bond acceptors (Lipinski definition) is 4. The van der Waals surface area contributed by atoms with Gasteiger partial charge in [0, 0.05) is 17.8 Å². The van der Waals surface area contributed by atoms with E-state index >= 15 is 0 Å². The van der Waals surface area contributed by atoms with Gasteiger partial charge >= 0.3 is 0 Å². The van der Waals surface area contributed by atoms with E-state index in [0.717, 1.165) is 24.5 Å². The normalized spacial score (nSPS) is 19.8. The third kappa shape index (κ3) is 3.35. The number of thioether (sulfide) groups is 1. The number of carbonyl (C=O) groups is 1. The Balaban J connectivity index is 1.58. The summed E-state index contributed by atoms with van der Waals surface area (Å²) in [7, 11) is 0. The Morgan fingerprint density at radius 1 is 1.38 bits per heavy atom. The highest BCUT2D eigenvalue weighted by atomic mass is 32.2. The number of amides is 1. The first kappa shape index (κ1) is 14.7. The molecule has 0 unspecified atom stereocenters. The first-order valence-electron chi connectivity index (χ1n) is 7.52. The summed E-state index contributed by atoms with van der Waals surface area (Å²) in [6, 6.07) is 6.00. The molecule has 1 fully saturated rings. The van der Waals surface area contributed by atoms with Gasteiger partial charge < -0.3 is 15.4 Å². The molecule has 4 nitrogen and oxygen atoms in total. The van der Waals surface area contributed by atoms with E-state index in [1.807, 2.05) is 23.9 Å². The van der Waals surface area contributed by atoms with Crippen LogP contribution in [0.3, 0.4) is 0 Å². The molecule has 3 rings (SSSR count). The molecular weight excluding hydrogens is 284 g/mol. The largest absolute Gasteiger partial charge is 0.482 e. The lowest BCUT2D eigenvalue weighted by Crippen LogP contribution is -2.34. The number of ether oxygens (including phenoxy) is 1. The molecule has 114 valence electrons. The fourth-order valence-electron chi connectivity index (χ4n) is 3.15. The molecule has 2 N–H and O–H groups in total. The second kappa shape index (κ2) is 6.28. The van der Waals surface area contributed by atoms with Crippen molar-refractivity contribution >= 4 is 23.4 Å². The SMILES string of the molecule is CSC1(CNCc2ccc3c(c2)NC(=O)CO3)CCCC1. The predicted octanol–water partition coefficient (Wildman–Crippen LogP) is 2.78. The molecule has 2 aliphatic rings. The maximum absolute atomic E-state index is 11.4. The van der Waals surface area contributed by atoms with E-state index in [0.29, 0.717) is 4.75 Å². The summed E-state index contributed by atoms with van der Waals surface area (Å²) >= 11 is 2.00. The Labute approximate surface area is 130 Å². The maximum atomic E-state index is 11.4. The molecular formula is C16H22N2O2S. The zero-order chi connectivity index (χ0) is 14.7. The summed E-state index contributed by atoms with van der Waals surface area (Å²) < 4.78 is 5.80. The van der Waals surface area contributed by atoms with E-state index in [-0.39, 0.29) is 12.5 Å². The number of nitrogens with one attached hydrogen (secondary N) is 2. The van der Waals surface area contributed by atoms with E-state index < -0.39 is 0 Å². The summed E-state index contributed by atoms with van der Waals surface area (Å²) in [6.07, 6.45) is 7.55. The minimum absolute atomic E-state index is 0.0834. The molecule has 0 saturated heterocycles. The lowest BCUT2D eigenvalue weighted by Gasteiger charge is -2.27. The number of anilines is 1. The molecule has 21 heavy (non-hydrogen) atoms. The summed E-state index contributed by atoms with van der Waals surface area (Å²) in [5, 5.41) is 6.43. The Morgan fingerprint density at radius 2 is 2.19 bits per heavy atom. The highest BCUT2D eigenvalue weighted by molar-refractivity contribution is 8.00. The maximum Gasteiger partial charge on any atom is 0.262 e. The highest BCUT2D eigenvalue weighted by Gasteiger charge is 2.32. The van der Waals surface area contributed by atoms with Gasteiger partial charge in [0.25, 0.3) is 5.91 Å². The van der Waals surface area contributed by atoms with Crippen LogP contribution in [0.1, 0.15) is 31.2 Å². The second-order valence-electron chi connectivity index (χ2n) is 5.87. The minimum Gasteiger partial charge on any atom is -0.482 e. The molecule has 1 heterocycles. The molecule has 1 aliphatic heterocycles. The molecule has 1 aliphatic carbocycles. The van der Waals surface area contributed by atoms with Gasteiger partial charge in [-0.3, -0.25) is 4.79 Å². The van der Waals surface area contributed by atoms with E-state index in [2.05, 4.69) is 23.0 Å².